The highest BCUT2D eigenvalue weighted by molar-refractivity contribution is 7.52. The maximum atomic E-state index is 14.0. The lowest BCUT2D eigenvalue weighted by Crippen LogP contribution is -2.48. The first-order valence-electron chi connectivity index (χ1n) is 13.4. The number of hydrogen-bond donors (Lipinski definition) is 5. The fourth-order valence-corrected chi connectivity index (χ4v) is 5.28. The number of nitrogens with one attached hydrogen (secondary N) is 2. The van der Waals surface area contributed by atoms with E-state index in [-0.39, 0.29) is 12.0 Å². The lowest BCUT2D eigenvalue weighted by atomic mass is 9.90. The number of amides is 3. The third kappa shape index (κ3) is 8.58. The van der Waals surface area contributed by atoms with Gasteiger partial charge in [-0.3, -0.25) is 18.9 Å². The smallest absolute Gasteiger partial charge is 0.399 e. The number of rotatable bonds is 12. The number of carbonyl (C=O) groups is 3. The minimum atomic E-state index is -5.73. The van der Waals surface area contributed by atoms with Crippen LogP contribution in [-0.2, 0) is 26.2 Å². The molecule has 0 bridgehead atoms. The third-order valence-electron chi connectivity index (χ3n) is 7.13. The molecule has 3 rings (SSSR count). The van der Waals surface area contributed by atoms with E-state index >= 15 is 0 Å². The number of halogens is 2. The zero-order valence-electron chi connectivity index (χ0n) is 22.9. The lowest BCUT2D eigenvalue weighted by Gasteiger charge is -2.23. The van der Waals surface area contributed by atoms with Crippen LogP contribution in [0.1, 0.15) is 79.0 Å². The summed E-state index contributed by atoms with van der Waals surface area (Å²) in [4.78, 5) is 54.9. The van der Waals surface area contributed by atoms with E-state index in [4.69, 9.17) is 20.3 Å². The highest BCUT2D eigenvalue weighted by Gasteiger charge is 2.50. The monoisotopic (exact) mass is 595 g/mol. The Morgan fingerprint density at radius 2 is 1.71 bits per heavy atom. The van der Waals surface area contributed by atoms with E-state index in [9.17, 15) is 27.7 Å². The van der Waals surface area contributed by atoms with Crippen molar-refractivity contribution < 1.29 is 42.3 Å². The average Bonchev–Trinajstić information content (AvgIpc) is 2.91. The molecule has 0 spiro atoms. The number of primary amides is 1. The number of alkyl halides is 2. The summed E-state index contributed by atoms with van der Waals surface area (Å²) in [6.07, 6.45) is 5.60. The molecule has 1 unspecified atom stereocenters. The molecule has 2 aromatic rings. The van der Waals surface area contributed by atoms with Gasteiger partial charge in [0, 0.05) is 18.9 Å². The van der Waals surface area contributed by atoms with Crippen LogP contribution >= 0.6 is 7.60 Å². The second kappa shape index (κ2) is 13.5. The lowest BCUT2D eigenvalue weighted by molar-refractivity contribution is -0.128. The normalized spacial score (nSPS) is 16.0. The molecule has 224 valence electrons. The van der Waals surface area contributed by atoms with Gasteiger partial charge in [0.2, 0.25) is 11.8 Å². The van der Waals surface area contributed by atoms with Gasteiger partial charge in [0.05, 0.1) is 18.2 Å². The van der Waals surface area contributed by atoms with Crippen LogP contribution in [0.25, 0.3) is 0 Å². The Labute approximate surface area is 237 Å². The SMILES string of the molecule is CC(=O)N[C@@H](Cc1ccc(C(F)(F)P(=O)(O)O)cc1)C(=O)NC(C)c1ccc(OCC2CCCCC2)c(C(N)=O)c1. The van der Waals surface area contributed by atoms with E-state index in [2.05, 4.69) is 10.6 Å². The number of benzene rings is 2. The van der Waals surface area contributed by atoms with Crippen molar-refractivity contribution in [2.45, 2.75) is 70.1 Å². The van der Waals surface area contributed by atoms with Crippen LogP contribution in [0.3, 0.4) is 0 Å². The van der Waals surface area contributed by atoms with Gasteiger partial charge in [-0.2, -0.15) is 8.78 Å². The molecule has 0 aliphatic heterocycles. The minimum absolute atomic E-state index is 0.0830. The van der Waals surface area contributed by atoms with Crippen molar-refractivity contribution in [1.82, 2.24) is 10.6 Å². The highest BCUT2D eigenvalue weighted by Crippen LogP contribution is 2.59. The molecule has 13 heteroatoms. The summed E-state index contributed by atoms with van der Waals surface area (Å²) >= 11 is 0. The van der Waals surface area contributed by atoms with Crippen LogP contribution in [0.15, 0.2) is 42.5 Å². The molecule has 3 amide bonds. The van der Waals surface area contributed by atoms with Crippen molar-refractivity contribution >= 4 is 25.3 Å². The van der Waals surface area contributed by atoms with Crippen molar-refractivity contribution in [1.29, 1.82) is 0 Å². The van der Waals surface area contributed by atoms with E-state index < -0.39 is 48.6 Å². The molecule has 0 heterocycles. The van der Waals surface area contributed by atoms with E-state index in [1.54, 1.807) is 25.1 Å². The van der Waals surface area contributed by atoms with Gasteiger partial charge < -0.3 is 30.9 Å². The number of nitrogens with two attached hydrogens (primary N) is 1. The van der Waals surface area contributed by atoms with Gasteiger partial charge >= 0.3 is 13.3 Å². The van der Waals surface area contributed by atoms with Gasteiger partial charge in [0.1, 0.15) is 11.8 Å². The summed E-state index contributed by atoms with van der Waals surface area (Å²) in [5, 5.41) is 5.30. The molecule has 10 nitrogen and oxygen atoms in total. The Hall–Kier alpha value is -3.34. The summed E-state index contributed by atoms with van der Waals surface area (Å²) in [5.41, 5.74) is 1.48. The first-order chi connectivity index (χ1) is 19.2. The Kier molecular flexibility index (Phi) is 10.6. The van der Waals surface area contributed by atoms with Crippen molar-refractivity contribution in [3.8, 4) is 5.75 Å². The fraction of sp³-hybridized carbons (Fsp3) is 0.464. The zero-order valence-corrected chi connectivity index (χ0v) is 23.8. The Morgan fingerprint density at radius 1 is 1.07 bits per heavy atom. The summed E-state index contributed by atoms with van der Waals surface area (Å²) < 4.78 is 45.0. The largest absolute Gasteiger partial charge is 0.492 e. The van der Waals surface area contributed by atoms with Crippen molar-refractivity contribution in [3.63, 3.8) is 0 Å². The molecule has 0 saturated heterocycles. The van der Waals surface area contributed by atoms with Crippen LogP contribution in [0.4, 0.5) is 8.78 Å². The van der Waals surface area contributed by atoms with Crippen molar-refractivity contribution in [3.05, 3.63) is 64.7 Å². The minimum Gasteiger partial charge on any atom is -0.492 e. The van der Waals surface area contributed by atoms with Gasteiger partial charge in [-0.05, 0) is 48.9 Å². The van der Waals surface area contributed by atoms with Crippen LogP contribution in [0, 0.1) is 5.92 Å². The summed E-state index contributed by atoms with van der Waals surface area (Å²) in [6, 6.07) is 7.35. The molecule has 2 aromatic carbocycles. The predicted octanol–water partition coefficient (Wildman–Crippen LogP) is 3.90. The molecule has 1 fully saturated rings. The van der Waals surface area contributed by atoms with Crippen molar-refractivity contribution in [2.24, 2.45) is 11.7 Å². The molecular weight excluding hydrogens is 559 g/mol. The number of ether oxygens (including phenoxy) is 1. The van der Waals surface area contributed by atoms with Crippen molar-refractivity contribution in [2.75, 3.05) is 6.61 Å². The Balaban J connectivity index is 1.71. The standard InChI is InChI=1S/C28H36F2N3O7P/c1-17(21-10-13-25(23(15-21)26(31)35)40-16-20-6-4-3-5-7-20)32-27(36)24(33-18(2)34)14-19-8-11-22(12-9-19)28(29,30)41(37,38)39/h8-13,15,17,20,24H,3-7,14,16H2,1-2H3,(H2,31,35)(H,32,36)(H,33,34)(H2,37,38,39)/t17?,24-/m0/s1. The topological polar surface area (TPSA) is 168 Å². The van der Waals surface area contributed by atoms with Crippen LogP contribution < -0.4 is 21.1 Å². The van der Waals surface area contributed by atoms with Gasteiger partial charge in [-0.1, -0.05) is 49.6 Å². The van der Waals surface area contributed by atoms with Gasteiger partial charge in [-0.15, -0.1) is 0 Å². The zero-order chi connectivity index (χ0) is 30.4. The maximum absolute atomic E-state index is 14.0. The fourth-order valence-electron chi connectivity index (χ4n) is 4.79. The highest BCUT2D eigenvalue weighted by atomic mass is 31.2. The number of carbonyl (C=O) groups excluding carboxylic acids is 3. The molecule has 1 aliphatic rings. The average molecular weight is 596 g/mol. The molecule has 0 radical (unpaired) electrons. The Morgan fingerprint density at radius 3 is 2.27 bits per heavy atom. The van der Waals surface area contributed by atoms with E-state index in [0.717, 1.165) is 37.8 Å². The first-order valence-corrected chi connectivity index (χ1v) is 15.0. The molecule has 1 aliphatic carbocycles. The second-order valence-electron chi connectivity index (χ2n) is 10.4. The first kappa shape index (κ1) is 32.2. The third-order valence-corrected chi connectivity index (χ3v) is 8.12. The van der Waals surface area contributed by atoms with E-state index in [0.29, 0.717) is 29.4 Å². The second-order valence-corrected chi connectivity index (χ2v) is 12.1. The van der Waals surface area contributed by atoms with Gasteiger partial charge in [0.25, 0.3) is 5.91 Å². The molecule has 6 N–H and O–H groups in total. The van der Waals surface area contributed by atoms with Crippen LogP contribution in [-0.4, -0.2) is 40.2 Å². The van der Waals surface area contributed by atoms with E-state index in [1.807, 2.05) is 0 Å². The molecule has 41 heavy (non-hydrogen) atoms. The summed E-state index contributed by atoms with van der Waals surface area (Å²) in [6.45, 7) is 3.39. The molecule has 0 aromatic heterocycles. The Bertz CT molecular complexity index is 1290. The van der Waals surface area contributed by atoms with E-state index in [1.165, 1.54) is 25.5 Å². The molecule has 1 saturated carbocycles. The maximum Gasteiger partial charge on any atom is 0.399 e. The molecule has 2 atom stereocenters. The predicted molar refractivity (Wildman–Crippen MR) is 147 cm³/mol. The summed E-state index contributed by atoms with van der Waals surface area (Å²) in [7, 11) is -5.73. The molecular formula is C28H36F2N3O7P. The van der Waals surface area contributed by atoms with Gasteiger partial charge in [0.15, 0.2) is 0 Å². The quantitative estimate of drug-likeness (QED) is 0.232. The number of hydrogen-bond acceptors (Lipinski definition) is 5. The van der Waals surface area contributed by atoms with Crippen LogP contribution in [0.5, 0.6) is 5.75 Å². The van der Waals surface area contributed by atoms with Crippen LogP contribution in [0.2, 0.25) is 0 Å². The van der Waals surface area contributed by atoms with Gasteiger partial charge in [-0.25, -0.2) is 0 Å². The summed E-state index contributed by atoms with van der Waals surface area (Å²) in [5.74, 6) is -0.956.